The SMILES string of the molecule is COCCc1nc2c(N)nc3ccccc3c2n1CCCNC(=O)N(CCCN(C)C)Cc1ccc(OCC(=O)OC)cc1. The van der Waals surface area contributed by atoms with Gasteiger partial charge in [-0.15, -0.1) is 0 Å². The summed E-state index contributed by atoms with van der Waals surface area (Å²) in [4.78, 5) is 38.0. The van der Waals surface area contributed by atoms with Crippen LogP contribution in [0.1, 0.15) is 24.2 Å². The van der Waals surface area contributed by atoms with Crippen molar-refractivity contribution in [2.75, 3.05) is 66.9 Å². The second-order valence-corrected chi connectivity index (χ2v) is 10.8. The minimum atomic E-state index is -0.445. The van der Waals surface area contributed by atoms with E-state index in [1.165, 1.54) is 7.11 Å². The van der Waals surface area contributed by atoms with Gasteiger partial charge in [0.15, 0.2) is 12.4 Å². The molecular weight excluding hydrogens is 562 g/mol. The summed E-state index contributed by atoms with van der Waals surface area (Å²) in [5, 5.41) is 4.11. The summed E-state index contributed by atoms with van der Waals surface area (Å²) in [5.74, 6) is 1.40. The highest BCUT2D eigenvalue weighted by molar-refractivity contribution is 6.06. The third-order valence-corrected chi connectivity index (χ3v) is 7.26. The molecule has 0 aliphatic heterocycles. The van der Waals surface area contributed by atoms with Gasteiger partial charge in [0.25, 0.3) is 0 Å². The van der Waals surface area contributed by atoms with Crippen molar-refractivity contribution >= 4 is 39.8 Å². The topological polar surface area (TPSA) is 137 Å². The largest absolute Gasteiger partial charge is 0.482 e. The van der Waals surface area contributed by atoms with Crippen molar-refractivity contribution in [1.29, 1.82) is 0 Å². The van der Waals surface area contributed by atoms with Crippen molar-refractivity contribution in [3.63, 3.8) is 0 Å². The third-order valence-electron chi connectivity index (χ3n) is 7.26. The van der Waals surface area contributed by atoms with Gasteiger partial charge < -0.3 is 39.6 Å². The van der Waals surface area contributed by atoms with Gasteiger partial charge in [-0.05, 0) is 57.2 Å². The van der Waals surface area contributed by atoms with E-state index in [9.17, 15) is 9.59 Å². The molecule has 0 saturated carbocycles. The summed E-state index contributed by atoms with van der Waals surface area (Å²) < 4.78 is 17.6. The number of pyridine rings is 1. The fourth-order valence-electron chi connectivity index (χ4n) is 5.02. The van der Waals surface area contributed by atoms with Gasteiger partial charge >= 0.3 is 12.0 Å². The van der Waals surface area contributed by atoms with Gasteiger partial charge in [0.05, 0.1) is 24.8 Å². The van der Waals surface area contributed by atoms with E-state index in [1.807, 2.05) is 55.4 Å². The Hall–Kier alpha value is -4.42. The fourth-order valence-corrected chi connectivity index (χ4v) is 5.02. The summed E-state index contributed by atoms with van der Waals surface area (Å²) in [5.41, 5.74) is 9.74. The van der Waals surface area contributed by atoms with Crippen LogP contribution < -0.4 is 15.8 Å². The van der Waals surface area contributed by atoms with E-state index < -0.39 is 5.97 Å². The van der Waals surface area contributed by atoms with Gasteiger partial charge in [0.1, 0.15) is 17.1 Å². The number of carbonyl (C=O) groups excluding carboxylic acids is 2. The monoisotopic (exact) mass is 605 g/mol. The number of nitrogens with one attached hydrogen (secondary N) is 1. The number of aryl methyl sites for hydroxylation is 1. The molecule has 0 aliphatic rings. The number of amides is 2. The molecule has 0 aliphatic carbocycles. The van der Waals surface area contributed by atoms with Crippen LogP contribution >= 0.6 is 0 Å². The number of nitrogen functional groups attached to an aromatic ring is 1. The second-order valence-electron chi connectivity index (χ2n) is 10.8. The molecule has 2 aromatic carbocycles. The maximum Gasteiger partial charge on any atom is 0.343 e. The van der Waals surface area contributed by atoms with E-state index in [1.54, 1.807) is 19.2 Å². The summed E-state index contributed by atoms with van der Waals surface area (Å²) in [6, 6.07) is 15.2. The van der Waals surface area contributed by atoms with Gasteiger partial charge in [0.2, 0.25) is 0 Å². The van der Waals surface area contributed by atoms with Crippen LogP contribution in [-0.4, -0.2) is 97.5 Å². The first-order valence-electron chi connectivity index (χ1n) is 14.8. The molecule has 0 saturated heterocycles. The first-order valence-corrected chi connectivity index (χ1v) is 14.8. The number of esters is 1. The Kier molecular flexibility index (Phi) is 11.7. The normalized spacial score (nSPS) is 11.3. The highest BCUT2D eigenvalue weighted by Gasteiger charge is 2.18. The van der Waals surface area contributed by atoms with Crippen molar-refractivity contribution < 1.29 is 23.8 Å². The number of nitrogens with two attached hydrogens (primary N) is 1. The van der Waals surface area contributed by atoms with Crippen LogP contribution in [0.25, 0.3) is 21.9 Å². The van der Waals surface area contributed by atoms with Crippen LogP contribution in [0.3, 0.4) is 0 Å². The quantitative estimate of drug-likeness (QED) is 0.145. The number of ether oxygens (including phenoxy) is 3. The molecule has 236 valence electrons. The molecule has 0 radical (unpaired) electrons. The average Bonchev–Trinajstić information content (AvgIpc) is 3.39. The summed E-state index contributed by atoms with van der Waals surface area (Å²) in [6.07, 6.45) is 2.18. The van der Waals surface area contributed by atoms with Crippen LogP contribution in [0, 0.1) is 0 Å². The van der Waals surface area contributed by atoms with Crippen molar-refractivity contribution in [1.82, 2.24) is 29.7 Å². The number of para-hydroxylation sites is 1. The second kappa shape index (κ2) is 15.9. The maximum atomic E-state index is 13.4. The Labute approximate surface area is 258 Å². The molecule has 3 N–H and O–H groups in total. The number of anilines is 1. The molecule has 0 bridgehead atoms. The van der Waals surface area contributed by atoms with E-state index >= 15 is 0 Å². The third kappa shape index (κ3) is 8.57. The van der Waals surface area contributed by atoms with E-state index in [-0.39, 0.29) is 12.6 Å². The summed E-state index contributed by atoms with van der Waals surface area (Å²) >= 11 is 0. The molecule has 4 aromatic rings. The van der Waals surface area contributed by atoms with Gasteiger partial charge in [-0.3, -0.25) is 0 Å². The number of aromatic nitrogens is 3. The van der Waals surface area contributed by atoms with Crippen molar-refractivity contribution in [3.8, 4) is 5.75 Å². The predicted molar refractivity (Wildman–Crippen MR) is 171 cm³/mol. The number of rotatable bonds is 16. The number of fused-ring (bicyclic) bond motifs is 3. The van der Waals surface area contributed by atoms with Crippen molar-refractivity contribution in [2.45, 2.75) is 32.4 Å². The predicted octanol–water partition coefficient (Wildman–Crippen LogP) is 3.46. The summed E-state index contributed by atoms with van der Waals surface area (Å²) in [6.45, 7) is 3.44. The Bertz CT molecular complexity index is 1540. The van der Waals surface area contributed by atoms with Crippen LogP contribution in [0.5, 0.6) is 5.75 Å². The molecule has 2 amide bonds. The van der Waals surface area contributed by atoms with Crippen molar-refractivity contribution in [3.05, 3.63) is 59.9 Å². The molecule has 2 aromatic heterocycles. The fraction of sp³-hybridized carbons (Fsp3) is 0.438. The Morgan fingerprint density at radius 1 is 1.00 bits per heavy atom. The molecule has 4 rings (SSSR count). The smallest absolute Gasteiger partial charge is 0.343 e. The number of nitrogens with zero attached hydrogens (tertiary/aromatic N) is 5. The summed E-state index contributed by atoms with van der Waals surface area (Å²) in [7, 11) is 7.03. The zero-order valence-corrected chi connectivity index (χ0v) is 26.0. The number of urea groups is 1. The molecule has 2 heterocycles. The number of carbonyl (C=O) groups is 2. The Balaban J connectivity index is 1.42. The van der Waals surface area contributed by atoms with Gasteiger partial charge in [-0.1, -0.05) is 30.3 Å². The molecule has 12 nitrogen and oxygen atoms in total. The highest BCUT2D eigenvalue weighted by Crippen LogP contribution is 2.29. The number of imidazole rings is 1. The van der Waals surface area contributed by atoms with E-state index in [0.717, 1.165) is 40.8 Å². The Morgan fingerprint density at radius 3 is 2.50 bits per heavy atom. The van der Waals surface area contributed by atoms with Crippen LogP contribution in [0.2, 0.25) is 0 Å². The molecule has 0 fully saturated rings. The number of hydrogen-bond donors (Lipinski definition) is 2. The van der Waals surface area contributed by atoms with Gasteiger partial charge in [-0.25, -0.2) is 19.6 Å². The molecule has 12 heteroatoms. The van der Waals surface area contributed by atoms with Crippen LogP contribution in [0.15, 0.2) is 48.5 Å². The van der Waals surface area contributed by atoms with Crippen molar-refractivity contribution in [2.24, 2.45) is 0 Å². The minimum absolute atomic E-state index is 0.122. The minimum Gasteiger partial charge on any atom is -0.482 e. The lowest BCUT2D eigenvalue weighted by atomic mass is 10.2. The average molecular weight is 606 g/mol. The van der Waals surface area contributed by atoms with Crippen LogP contribution in [-0.2, 0) is 33.8 Å². The van der Waals surface area contributed by atoms with Gasteiger partial charge in [-0.2, -0.15) is 0 Å². The van der Waals surface area contributed by atoms with E-state index in [2.05, 4.69) is 24.5 Å². The lowest BCUT2D eigenvalue weighted by molar-refractivity contribution is -0.142. The number of methoxy groups -OCH3 is 2. The standard InChI is InChI=1S/C32H43N7O5/c1-37(2)17-8-18-38(21-23-11-13-24(14-12-23)44-22-28(40)43-4)32(41)34-16-7-19-39-27(15-20-42-3)36-29-30(39)25-9-5-6-10-26(25)35-31(29)33/h5-6,9-14H,7-8,15-22H2,1-4H3,(H2,33,35)(H,34,41). The zero-order chi connectivity index (χ0) is 31.5. The van der Waals surface area contributed by atoms with Gasteiger partial charge in [0, 0.05) is 45.1 Å². The number of benzene rings is 2. The molecule has 44 heavy (non-hydrogen) atoms. The zero-order valence-electron chi connectivity index (χ0n) is 26.0. The molecule has 0 unspecified atom stereocenters. The van der Waals surface area contributed by atoms with E-state index in [4.69, 9.17) is 20.2 Å². The number of hydrogen-bond acceptors (Lipinski definition) is 9. The highest BCUT2D eigenvalue weighted by atomic mass is 16.6. The Morgan fingerprint density at radius 2 is 1.77 bits per heavy atom. The molecule has 0 spiro atoms. The lowest BCUT2D eigenvalue weighted by Crippen LogP contribution is -2.41. The lowest BCUT2D eigenvalue weighted by Gasteiger charge is -2.24. The molecule has 0 atom stereocenters. The first-order chi connectivity index (χ1) is 21.3. The van der Waals surface area contributed by atoms with E-state index in [0.29, 0.717) is 62.7 Å². The first kappa shape index (κ1) is 32.5. The van der Waals surface area contributed by atoms with Crippen LogP contribution in [0.4, 0.5) is 10.6 Å². The molecular formula is C32H43N7O5. The maximum absolute atomic E-state index is 13.4.